The van der Waals surface area contributed by atoms with Gasteiger partial charge in [0.1, 0.15) is 17.1 Å². The Labute approximate surface area is 142 Å². The molecule has 1 aliphatic rings. The molecule has 6 heteroatoms. The summed E-state index contributed by atoms with van der Waals surface area (Å²) in [6.07, 6.45) is -1.00. The first-order valence-electron chi connectivity index (χ1n) is 7.69. The second kappa shape index (κ2) is 5.66. The van der Waals surface area contributed by atoms with Crippen LogP contribution in [0.1, 0.15) is 17.0 Å². The lowest BCUT2D eigenvalue weighted by Gasteiger charge is -2.16. The lowest BCUT2D eigenvalue weighted by atomic mass is 9.88. The van der Waals surface area contributed by atoms with E-state index in [0.29, 0.717) is 22.3 Å². The highest BCUT2D eigenvalue weighted by Gasteiger charge is 2.44. The molecule has 126 valence electrons. The largest absolute Gasteiger partial charge is 0.508 e. The first kappa shape index (κ1) is 15.3. The predicted octanol–water partition coefficient (Wildman–Crippen LogP) is 2.56. The van der Waals surface area contributed by atoms with E-state index in [1.54, 1.807) is 36.4 Å². The minimum absolute atomic E-state index is 0.0862. The number of phenolic OH excluding ortho intramolecular Hbond substituents is 1. The molecule has 0 unspecified atom stereocenters. The number of rotatable bonds is 2. The molecule has 1 N–H and O–H groups in total. The Morgan fingerprint density at radius 3 is 2.56 bits per heavy atom. The molecule has 0 radical (unpaired) electrons. The second-order valence-electron chi connectivity index (χ2n) is 5.76. The molecule has 2 heterocycles. The third-order valence-corrected chi connectivity index (χ3v) is 4.34. The fourth-order valence-corrected chi connectivity index (χ4v) is 3.20. The van der Waals surface area contributed by atoms with Gasteiger partial charge in [0, 0.05) is 0 Å². The van der Waals surface area contributed by atoms with Crippen molar-refractivity contribution in [2.75, 3.05) is 7.11 Å². The van der Waals surface area contributed by atoms with Crippen LogP contribution in [0, 0.1) is 0 Å². The van der Waals surface area contributed by atoms with Crippen LogP contribution in [0.5, 0.6) is 11.5 Å². The Balaban J connectivity index is 1.98. The monoisotopic (exact) mass is 338 g/mol. The minimum Gasteiger partial charge on any atom is -0.508 e. The molecule has 6 nitrogen and oxygen atoms in total. The molecule has 2 aromatic carbocycles. The number of benzene rings is 2. The summed E-state index contributed by atoms with van der Waals surface area (Å²) in [6, 6.07) is 13.3. The molecule has 1 aromatic heterocycles. The normalized spacial score (nSPS) is 18.6. The van der Waals surface area contributed by atoms with Crippen molar-refractivity contribution in [3.63, 3.8) is 0 Å². The zero-order chi connectivity index (χ0) is 17.6. The fourth-order valence-electron chi connectivity index (χ4n) is 3.20. The van der Waals surface area contributed by atoms with Crippen molar-refractivity contribution < 1.29 is 23.8 Å². The number of carbonyl (C=O) groups is 1. The summed E-state index contributed by atoms with van der Waals surface area (Å²) in [5, 5.41) is 10.1. The van der Waals surface area contributed by atoms with Crippen LogP contribution in [0.15, 0.2) is 57.7 Å². The van der Waals surface area contributed by atoms with E-state index in [9.17, 15) is 14.7 Å². The van der Waals surface area contributed by atoms with Gasteiger partial charge in [-0.2, -0.15) is 0 Å². The van der Waals surface area contributed by atoms with Gasteiger partial charge in [0.05, 0.1) is 24.0 Å². The van der Waals surface area contributed by atoms with Gasteiger partial charge in [-0.15, -0.1) is 0 Å². The van der Waals surface area contributed by atoms with Gasteiger partial charge in [0.2, 0.25) is 6.10 Å². The molecule has 0 aliphatic carbocycles. The maximum Gasteiger partial charge on any atom is 0.348 e. The molecular formula is C19H14O6. The Bertz CT molecular complexity index is 1020. The molecule has 2 atom stereocenters. The van der Waals surface area contributed by atoms with E-state index in [1.165, 1.54) is 19.2 Å². The Hall–Kier alpha value is -3.28. The van der Waals surface area contributed by atoms with Crippen LogP contribution in [0.25, 0.3) is 11.0 Å². The predicted molar refractivity (Wildman–Crippen MR) is 88.9 cm³/mol. The van der Waals surface area contributed by atoms with Crippen LogP contribution in [0.4, 0.5) is 0 Å². The maximum absolute atomic E-state index is 12.6. The van der Waals surface area contributed by atoms with Crippen LogP contribution in [-0.4, -0.2) is 24.3 Å². The van der Waals surface area contributed by atoms with Crippen molar-refractivity contribution in [3.05, 3.63) is 70.1 Å². The van der Waals surface area contributed by atoms with Crippen LogP contribution in [0.3, 0.4) is 0 Å². The highest BCUT2D eigenvalue weighted by Crippen LogP contribution is 2.44. The Morgan fingerprint density at radius 2 is 1.84 bits per heavy atom. The van der Waals surface area contributed by atoms with Gasteiger partial charge in [-0.05, 0) is 29.8 Å². The van der Waals surface area contributed by atoms with Gasteiger partial charge in [-0.3, -0.25) is 0 Å². The second-order valence-corrected chi connectivity index (χ2v) is 5.76. The smallest absolute Gasteiger partial charge is 0.348 e. The number of ether oxygens (including phenoxy) is 2. The molecule has 25 heavy (non-hydrogen) atoms. The van der Waals surface area contributed by atoms with Gasteiger partial charge < -0.3 is 19.0 Å². The summed E-state index contributed by atoms with van der Waals surface area (Å²) in [4.78, 5) is 24.8. The summed E-state index contributed by atoms with van der Waals surface area (Å²) >= 11 is 0. The fraction of sp³-hybridized carbons (Fsp3) is 0.158. The average molecular weight is 338 g/mol. The number of aromatic hydroxyl groups is 1. The van der Waals surface area contributed by atoms with E-state index in [4.69, 9.17) is 13.9 Å². The Morgan fingerprint density at radius 1 is 1.12 bits per heavy atom. The number of esters is 1. The lowest BCUT2D eigenvalue weighted by Crippen LogP contribution is -2.31. The summed E-state index contributed by atoms with van der Waals surface area (Å²) in [6.45, 7) is 0. The SMILES string of the molecule is COC(=O)[C@@H]1Oc2c(c(=O)oc3ccccc23)[C@H]1c1ccc(O)cc1. The molecule has 3 aromatic rings. The summed E-state index contributed by atoms with van der Waals surface area (Å²) in [7, 11) is 1.27. The van der Waals surface area contributed by atoms with E-state index in [2.05, 4.69) is 0 Å². The molecule has 0 saturated heterocycles. The van der Waals surface area contributed by atoms with Gasteiger partial charge in [0.15, 0.2) is 0 Å². The molecule has 4 rings (SSSR count). The van der Waals surface area contributed by atoms with Crippen LogP contribution >= 0.6 is 0 Å². The zero-order valence-electron chi connectivity index (χ0n) is 13.3. The number of fused-ring (bicyclic) bond motifs is 3. The molecule has 0 bridgehead atoms. The van der Waals surface area contributed by atoms with Gasteiger partial charge in [0.25, 0.3) is 0 Å². The number of methoxy groups -OCH3 is 1. The number of hydrogen-bond acceptors (Lipinski definition) is 6. The molecule has 0 spiro atoms. The molecule has 0 fully saturated rings. The van der Waals surface area contributed by atoms with E-state index < -0.39 is 23.6 Å². The van der Waals surface area contributed by atoms with Crippen LogP contribution < -0.4 is 10.4 Å². The number of para-hydroxylation sites is 1. The minimum atomic E-state index is -1.00. The van der Waals surface area contributed by atoms with Gasteiger partial charge in [-0.25, -0.2) is 9.59 Å². The van der Waals surface area contributed by atoms with Crippen molar-refractivity contribution in [1.29, 1.82) is 0 Å². The highest BCUT2D eigenvalue weighted by molar-refractivity contribution is 5.88. The molecular weight excluding hydrogens is 324 g/mol. The van der Waals surface area contributed by atoms with Crippen molar-refractivity contribution in [1.82, 2.24) is 0 Å². The highest BCUT2D eigenvalue weighted by atomic mass is 16.6. The van der Waals surface area contributed by atoms with Gasteiger partial charge >= 0.3 is 11.6 Å². The third kappa shape index (κ3) is 2.34. The van der Waals surface area contributed by atoms with Crippen molar-refractivity contribution in [2.45, 2.75) is 12.0 Å². The number of phenols is 1. The van der Waals surface area contributed by atoms with Crippen molar-refractivity contribution in [2.24, 2.45) is 0 Å². The number of hydrogen-bond donors (Lipinski definition) is 1. The molecule has 0 amide bonds. The first-order chi connectivity index (χ1) is 12.1. The summed E-state index contributed by atoms with van der Waals surface area (Å²) in [5.74, 6) is -0.843. The third-order valence-electron chi connectivity index (χ3n) is 4.34. The molecule has 0 saturated carbocycles. The van der Waals surface area contributed by atoms with E-state index in [-0.39, 0.29) is 11.3 Å². The zero-order valence-corrected chi connectivity index (χ0v) is 13.3. The quantitative estimate of drug-likeness (QED) is 0.571. The van der Waals surface area contributed by atoms with Gasteiger partial charge in [-0.1, -0.05) is 24.3 Å². The average Bonchev–Trinajstić information content (AvgIpc) is 3.03. The van der Waals surface area contributed by atoms with E-state index in [0.717, 1.165) is 0 Å². The lowest BCUT2D eigenvalue weighted by molar-refractivity contribution is -0.148. The Kier molecular flexibility index (Phi) is 3.46. The van der Waals surface area contributed by atoms with E-state index >= 15 is 0 Å². The maximum atomic E-state index is 12.6. The van der Waals surface area contributed by atoms with Crippen LogP contribution in [-0.2, 0) is 9.53 Å². The summed E-state index contributed by atoms with van der Waals surface area (Å²) in [5.41, 5.74) is 0.758. The topological polar surface area (TPSA) is 86.0 Å². The van der Waals surface area contributed by atoms with E-state index in [1.807, 2.05) is 0 Å². The number of carbonyl (C=O) groups excluding carboxylic acids is 1. The molecule has 1 aliphatic heterocycles. The van der Waals surface area contributed by atoms with Crippen molar-refractivity contribution in [3.8, 4) is 11.5 Å². The standard InChI is InChI=1S/C19H14O6/c1-23-19(22)17-14(10-6-8-11(20)9-7-10)15-16(25-17)12-4-2-3-5-13(12)24-18(15)21/h2-9,14,17,20H,1H3/t14-,17-/m1/s1. The van der Waals surface area contributed by atoms with Crippen molar-refractivity contribution >= 4 is 16.9 Å². The first-order valence-corrected chi connectivity index (χ1v) is 7.69. The summed E-state index contributed by atoms with van der Waals surface area (Å²) < 4.78 is 16.1. The van der Waals surface area contributed by atoms with Crippen LogP contribution in [0.2, 0.25) is 0 Å².